The molecule has 0 bridgehead atoms. The molecule has 7 nitrogen and oxygen atoms in total. The number of carbonyl (C=O) groups is 1. The molecule has 2 atom stereocenters. The summed E-state index contributed by atoms with van der Waals surface area (Å²) in [5.41, 5.74) is 1.02. The maximum absolute atomic E-state index is 11.9. The third-order valence-electron chi connectivity index (χ3n) is 5.42. The second-order valence-electron chi connectivity index (χ2n) is 7.14. The van der Waals surface area contributed by atoms with Crippen LogP contribution in [0.1, 0.15) is 44.3 Å². The van der Waals surface area contributed by atoms with Gasteiger partial charge in [-0.05, 0) is 24.8 Å². The lowest BCUT2D eigenvalue weighted by Gasteiger charge is -2.21. The lowest BCUT2D eigenvalue weighted by molar-refractivity contribution is -0.145. The monoisotopic (exact) mass is 347 g/mol. The highest BCUT2D eigenvalue weighted by Crippen LogP contribution is 2.28. The number of nitrogens with zero attached hydrogens (tertiary/aromatic N) is 4. The van der Waals surface area contributed by atoms with Crippen molar-refractivity contribution < 1.29 is 9.53 Å². The minimum atomic E-state index is -0.138. The molecule has 0 radical (unpaired) electrons. The lowest BCUT2D eigenvalue weighted by Crippen LogP contribution is -2.40. The van der Waals surface area contributed by atoms with Gasteiger partial charge in [0.15, 0.2) is 5.96 Å². The third-order valence-corrected chi connectivity index (χ3v) is 5.42. The molecule has 0 aromatic carbocycles. The second-order valence-corrected chi connectivity index (χ2v) is 7.14. The van der Waals surface area contributed by atoms with E-state index >= 15 is 0 Å². The van der Waals surface area contributed by atoms with Crippen LogP contribution in [0, 0.1) is 11.8 Å². The summed E-state index contributed by atoms with van der Waals surface area (Å²) in [7, 11) is 3.22. The summed E-state index contributed by atoms with van der Waals surface area (Å²) in [6, 6.07) is 2.64. The van der Waals surface area contributed by atoms with E-state index in [0.29, 0.717) is 19.1 Å². The summed E-state index contributed by atoms with van der Waals surface area (Å²) < 4.78 is 7.02. The van der Waals surface area contributed by atoms with Crippen LogP contribution in [-0.4, -0.2) is 53.9 Å². The first-order chi connectivity index (χ1) is 12.1. The molecule has 1 N–H and O–H groups in total. The van der Waals surface area contributed by atoms with Gasteiger partial charge in [0.25, 0.3) is 0 Å². The molecule has 2 unspecified atom stereocenters. The maximum atomic E-state index is 11.9. The number of rotatable bonds is 4. The van der Waals surface area contributed by atoms with Crippen LogP contribution in [0.3, 0.4) is 0 Å². The van der Waals surface area contributed by atoms with Gasteiger partial charge in [-0.2, -0.15) is 5.10 Å². The first-order valence-electron chi connectivity index (χ1n) is 9.19. The zero-order chi connectivity index (χ0) is 17.8. The van der Waals surface area contributed by atoms with Crippen molar-refractivity contribution in [3.05, 3.63) is 18.0 Å². The molecule has 1 saturated heterocycles. The average molecular weight is 347 g/mol. The van der Waals surface area contributed by atoms with Gasteiger partial charge < -0.3 is 15.0 Å². The summed E-state index contributed by atoms with van der Waals surface area (Å²) in [6.07, 6.45) is 7.16. The summed E-state index contributed by atoms with van der Waals surface area (Å²) in [5.74, 6) is 0.840. The minimum Gasteiger partial charge on any atom is -0.469 e. The molecule has 3 rings (SSSR count). The Morgan fingerprint density at radius 3 is 2.84 bits per heavy atom. The first kappa shape index (κ1) is 17.8. The van der Waals surface area contributed by atoms with Gasteiger partial charge >= 0.3 is 5.97 Å². The molecule has 2 fully saturated rings. The Labute approximate surface area is 149 Å². The van der Waals surface area contributed by atoms with E-state index in [9.17, 15) is 4.79 Å². The minimum absolute atomic E-state index is 0.0925. The number of likely N-dealkylation sites (tertiary alicyclic amines) is 1. The predicted molar refractivity (Wildman–Crippen MR) is 96.2 cm³/mol. The zero-order valence-corrected chi connectivity index (χ0v) is 15.4. The van der Waals surface area contributed by atoms with Gasteiger partial charge in [0.1, 0.15) is 0 Å². The highest BCUT2D eigenvalue weighted by molar-refractivity contribution is 5.82. The van der Waals surface area contributed by atoms with Gasteiger partial charge in [-0.15, -0.1) is 0 Å². The van der Waals surface area contributed by atoms with E-state index < -0.39 is 0 Å². The molecule has 1 saturated carbocycles. The summed E-state index contributed by atoms with van der Waals surface area (Å²) in [4.78, 5) is 18.4. The van der Waals surface area contributed by atoms with Crippen molar-refractivity contribution in [1.29, 1.82) is 0 Å². The van der Waals surface area contributed by atoms with E-state index in [1.54, 1.807) is 7.05 Å². The fourth-order valence-corrected chi connectivity index (χ4v) is 3.94. The van der Waals surface area contributed by atoms with Gasteiger partial charge in [0.05, 0.1) is 31.3 Å². The summed E-state index contributed by atoms with van der Waals surface area (Å²) >= 11 is 0. The smallest absolute Gasteiger partial charge is 0.310 e. The summed E-state index contributed by atoms with van der Waals surface area (Å²) in [5, 5.41) is 8.08. The van der Waals surface area contributed by atoms with E-state index in [4.69, 9.17) is 9.84 Å². The van der Waals surface area contributed by atoms with Gasteiger partial charge in [-0.1, -0.05) is 19.8 Å². The molecule has 0 spiro atoms. The van der Waals surface area contributed by atoms with Crippen LogP contribution in [-0.2, 0) is 16.1 Å². The van der Waals surface area contributed by atoms with Gasteiger partial charge in [-0.3, -0.25) is 14.5 Å². The molecule has 0 amide bonds. The average Bonchev–Trinajstić information content (AvgIpc) is 3.35. The number of esters is 1. The molecule has 1 aliphatic carbocycles. The summed E-state index contributed by atoms with van der Waals surface area (Å²) in [6.45, 7) is 4.16. The Hall–Kier alpha value is -2.05. The fourth-order valence-electron chi connectivity index (χ4n) is 3.94. The molecular formula is C18H29N5O2. The molecule has 25 heavy (non-hydrogen) atoms. The standard InChI is InChI=1S/C18H29N5O2/c1-13-11-22(12-16(13)17(24)25-3)18(19-2)20-10-14-8-9-23(21-14)15-6-4-5-7-15/h8-9,13,15-16H,4-7,10-12H2,1-3H3,(H,19,20). The fraction of sp³-hybridized carbons (Fsp3) is 0.722. The first-order valence-corrected chi connectivity index (χ1v) is 9.19. The van der Waals surface area contributed by atoms with E-state index in [0.717, 1.165) is 18.2 Å². The van der Waals surface area contributed by atoms with E-state index in [1.807, 2.05) is 0 Å². The van der Waals surface area contributed by atoms with Crippen molar-refractivity contribution in [1.82, 2.24) is 20.0 Å². The number of hydrogen-bond acceptors (Lipinski definition) is 4. The number of carbonyl (C=O) groups excluding carboxylic acids is 1. The molecule has 1 aromatic rings. The predicted octanol–water partition coefficient (Wildman–Crippen LogP) is 1.81. The van der Waals surface area contributed by atoms with E-state index in [-0.39, 0.29) is 17.8 Å². The molecule has 2 aliphatic rings. The lowest BCUT2D eigenvalue weighted by atomic mass is 9.99. The van der Waals surface area contributed by atoms with E-state index in [1.165, 1.54) is 32.8 Å². The van der Waals surface area contributed by atoms with Crippen LogP contribution < -0.4 is 5.32 Å². The quantitative estimate of drug-likeness (QED) is 0.511. The Balaban J connectivity index is 1.55. The number of hydrogen-bond donors (Lipinski definition) is 1. The number of ether oxygens (including phenoxy) is 1. The maximum Gasteiger partial charge on any atom is 0.310 e. The van der Waals surface area contributed by atoms with Gasteiger partial charge in [0.2, 0.25) is 0 Å². The van der Waals surface area contributed by atoms with Crippen LogP contribution in [0.5, 0.6) is 0 Å². The number of nitrogens with one attached hydrogen (secondary N) is 1. The van der Waals surface area contributed by atoms with Crippen molar-refractivity contribution >= 4 is 11.9 Å². The van der Waals surface area contributed by atoms with Crippen LogP contribution >= 0.6 is 0 Å². The number of methoxy groups -OCH3 is 1. The largest absolute Gasteiger partial charge is 0.469 e. The van der Waals surface area contributed by atoms with Gasteiger partial charge in [0, 0.05) is 26.3 Å². The molecule has 1 aliphatic heterocycles. The van der Waals surface area contributed by atoms with Crippen molar-refractivity contribution in [3.8, 4) is 0 Å². The van der Waals surface area contributed by atoms with Crippen LogP contribution in [0.4, 0.5) is 0 Å². The SMILES string of the molecule is CN=C(NCc1ccn(C2CCCC2)n1)N1CC(C)C(C(=O)OC)C1. The normalized spacial score (nSPS) is 24.8. The van der Waals surface area contributed by atoms with Crippen LogP contribution in [0.15, 0.2) is 17.3 Å². The van der Waals surface area contributed by atoms with Crippen molar-refractivity contribution in [2.45, 2.75) is 45.2 Å². The Kier molecular flexibility index (Phi) is 5.60. The van der Waals surface area contributed by atoms with E-state index in [2.05, 4.69) is 39.1 Å². The van der Waals surface area contributed by atoms with Crippen LogP contribution in [0.2, 0.25) is 0 Å². The Morgan fingerprint density at radius 2 is 2.16 bits per heavy atom. The molecule has 1 aromatic heterocycles. The topological polar surface area (TPSA) is 71.8 Å². The van der Waals surface area contributed by atoms with Crippen molar-refractivity contribution in [3.63, 3.8) is 0 Å². The Bertz CT molecular complexity index is 621. The third kappa shape index (κ3) is 3.96. The molecule has 138 valence electrons. The highest BCUT2D eigenvalue weighted by Gasteiger charge is 2.36. The molecule has 7 heteroatoms. The highest BCUT2D eigenvalue weighted by atomic mass is 16.5. The number of aliphatic imine (C=N–C) groups is 1. The number of guanidine groups is 1. The molecule has 2 heterocycles. The van der Waals surface area contributed by atoms with Gasteiger partial charge in [-0.25, -0.2) is 0 Å². The second kappa shape index (κ2) is 7.89. The zero-order valence-electron chi connectivity index (χ0n) is 15.4. The van der Waals surface area contributed by atoms with Crippen molar-refractivity contribution in [2.24, 2.45) is 16.8 Å². The molecular weight excluding hydrogens is 318 g/mol. The number of aromatic nitrogens is 2. The Morgan fingerprint density at radius 1 is 1.40 bits per heavy atom. The van der Waals surface area contributed by atoms with Crippen LogP contribution in [0.25, 0.3) is 0 Å². The van der Waals surface area contributed by atoms with Crippen molar-refractivity contribution in [2.75, 3.05) is 27.2 Å².